The van der Waals surface area contributed by atoms with Gasteiger partial charge in [-0.1, -0.05) is 0 Å². The third kappa shape index (κ3) is 4.94. The maximum absolute atomic E-state index is 11.8. The molecule has 0 radical (unpaired) electrons. The van der Waals surface area contributed by atoms with Crippen molar-refractivity contribution in [1.29, 1.82) is 0 Å². The number of aliphatic hydroxyl groups excluding tert-OH is 2. The monoisotopic (exact) mass is 272 g/mol. The van der Waals surface area contributed by atoms with Crippen LogP contribution >= 0.6 is 0 Å². The maximum Gasteiger partial charge on any atom is 0.325 e. The summed E-state index contributed by atoms with van der Waals surface area (Å²) < 4.78 is 1.17. The summed E-state index contributed by atoms with van der Waals surface area (Å²) in [6.45, 7) is -0.546. The standard InChI is InChI=1S/C10H16N4O5/c15-3-1-13(2-4-16)10(19)12-8-5-11-14(6-8)7-9(17)18/h5-6,15-16H,1-4,7H2,(H,12,19)(H,17,18). The second-order valence-electron chi connectivity index (χ2n) is 3.68. The summed E-state index contributed by atoms with van der Waals surface area (Å²) in [5.74, 6) is -1.04. The lowest BCUT2D eigenvalue weighted by Gasteiger charge is -2.20. The SMILES string of the molecule is O=C(O)Cn1cc(NC(=O)N(CCO)CCO)cn1. The summed E-state index contributed by atoms with van der Waals surface area (Å²) in [6.07, 6.45) is 2.69. The Morgan fingerprint density at radius 2 is 1.95 bits per heavy atom. The second kappa shape index (κ2) is 7.34. The van der Waals surface area contributed by atoms with E-state index < -0.39 is 12.0 Å². The summed E-state index contributed by atoms with van der Waals surface area (Å²) in [6, 6.07) is -0.502. The molecular formula is C10H16N4O5. The Kier molecular flexibility index (Phi) is 5.76. The Morgan fingerprint density at radius 3 is 2.47 bits per heavy atom. The van der Waals surface area contributed by atoms with Gasteiger partial charge in [0.05, 0.1) is 25.1 Å². The minimum Gasteiger partial charge on any atom is -0.480 e. The molecule has 0 aliphatic heterocycles. The van der Waals surface area contributed by atoms with Crippen molar-refractivity contribution < 1.29 is 24.9 Å². The third-order valence-corrected chi connectivity index (χ3v) is 2.21. The van der Waals surface area contributed by atoms with E-state index in [1.807, 2.05) is 0 Å². The number of nitrogens with one attached hydrogen (secondary N) is 1. The number of amides is 2. The molecule has 0 atom stereocenters. The quantitative estimate of drug-likeness (QED) is 0.493. The number of anilines is 1. The van der Waals surface area contributed by atoms with E-state index in [0.29, 0.717) is 5.69 Å². The highest BCUT2D eigenvalue weighted by Gasteiger charge is 2.13. The summed E-state index contributed by atoms with van der Waals surface area (Å²) in [5, 5.41) is 32.4. The molecule has 0 aliphatic carbocycles. The minimum absolute atomic E-state index is 0.0929. The van der Waals surface area contributed by atoms with Crippen LogP contribution in [-0.4, -0.2) is 68.3 Å². The molecule has 0 unspecified atom stereocenters. The van der Waals surface area contributed by atoms with Crippen molar-refractivity contribution in [1.82, 2.24) is 14.7 Å². The van der Waals surface area contributed by atoms with Crippen molar-refractivity contribution in [2.24, 2.45) is 0 Å². The largest absolute Gasteiger partial charge is 0.480 e. The van der Waals surface area contributed by atoms with Crippen molar-refractivity contribution in [3.63, 3.8) is 0 Å². The number of nitrogens with zero attached hydrogens (tertiary/aromatic N) is 3. The Balaban J connectivity index is 2.59. The lowest BCUT2D eigenvalue weighted by Crippen LogP contribution is -2.38. The number of carboxylic acid groups (broad SMARTS) is 1. The van der Waals surface area contributed by atoms with E-state index in [0.717, 1.165) is 0 Å². The zero-order valence-corrected chi connectivity index (χ0v) is 10.2. The van der Waals surface area contributed by atoms with Crippen molar-refractivity contribution in [3.8, 4) is 0 Å². The maximum atomic E-state index is 11.8. The number of aromatic nitrogens is 2. The van der Waals surface area contributed by atoms with Crippen molar-refractivity contribution in [3.05, 3.63) is 12.4 Å². The number of hydrogen-bond donors (Lipinski definition) is 4. The van der Waals surface area contributed by atoms with Crippen LogP contribution in [0.3, 0.4) is 0 Å². The van der Waals surface area contributed by atoms with Gasteiger partial charge < -0.3 is 25.5 Å². The minimum atomic E-state index is -1.04. The third-order valence-electron chi connectivity index (χ3n) is 2.21. The van der Waals surface area contributed by atoms with Crippen molar-refractivity contribution in [2.75, 3.05) is 31.6 Å². The van der Waals surface area contributed by atoms with Crippen LogP contribution in [-0.2, 0) is 11.3 Å². The summed E-state index contributed by atoms with van der Waals surface area (Å²) in [5.41, 5.74) is 0.340. The van der Waals surface area contributed by atoms with Gasteiger partial charge in [-0.2, -0.15) is 5.10 Å². The molecule has 0 bridgehead atoms. The van der Waals surface area contributed by atoms with Gasteiger partial charge in [-0.05, 0) is 0 Å². The molecule has 0 aromatic carbocycles. The molecule has 0 saturated carbocycles. The van der Waals surface area contributed by atoms with Crippen LogP contribution in [0.15, 0.2) is 12.4 Å². The smallest absolute Gasteiger partial charge is 0.325 e. The lowest BCUT2D eigenvalue weighted by atomic mass is 10.5. The molecule has 2 amide bonds. The molecule has 9 heteroatoms. The highest BCUT2D eigenvalue weighted by atomic mass is 16.4. The molecule has 0 saturated heterocycles. The molecule has 1 heterocycles. The number of carbonyl (C=O) groups excluding carboxylic acids is 1. The van der Waals surface area contributed by atoms with Gasteiger partial charge in [0.1, 0.15) is 6.54 Å². The molecular weight excluding hydrogens is 256 g/mol. The first-order valence-electron chi connectivity index (χ1n) is 5.58. The summed E-state index contributed by atoms with van der Waals surface area (Å²) >= 11 is 0. The molecule has 0 aliphatic rings. The molecule has 4 N–H and O–H groups in total. The number of hydrogen-bond acceptors (Lipinski definition) is 5. The molecule has 1 aromatic heterocycles. The highest BCUT2D eigenvalue weighted by molar-refractivity contribution is 5.89. The summed E-state index contributed by atoms with van der Waals surface area (Å²) in [7, 11) is 0. The fourth-order valence-corrected chi connectivity index (χ4v) is 1.41. The average molecular weight is 272 g/mol. The first-order valence-corrected chi connectivity index (χ1v) is 5.58. The van der Waals surface area contributed by atoms with E-state index in [1.165, 1.54) is 22.0 Å². The topological polar surface area (TPSA) is 128 Å². The van der Waals surface area contributed by atoms with E-state index in [4.69, 9.17) is 15.3 Å². The summed E-state index contributed by atoms with van der Waals surface area (Å²) in [4.78, 5) is 23.5. The zero-order valence-electron chi connectivity index (χ0n) is 10.2. The fourth-order valence-electron chi connectivity index (χ4n) is 1.41. The molecule has 0 spiro atoms. The van der Waals surface area contributed by atoms with Gasteiger partial charge in [0, 0.05) is 19.3 Å². The first kappa shape index (κ1) is 14.9. The van der Waals surface area contributed by atoms with Crippen molar-refractivity contribution >= 4 is 17.7 Å². The van der Waals surface area contributed by atoms with Crippen LogP contribution in [0.2, 0.25) is 0 Å². The first-order chi connectivity index (χ1) is 9.06. The second-order valence-corrected chi connectivity index (χ2v) is 3.68. The van der Waals surface area contributed by atoms with Gasteiger partial charge in [-0.15, -0.1) is 0 Å². The van der Waals surface area contributed by atoms with Crippen LogP contribution in [0.1, 0.15) is 0 Å². The van der Waals surface area contributed by atoms with E-state index in [1.54, 1.807) is 0 Å². The van der Waals surface area contributed by atoms with Gasteiger partial charge in [-0.25, -0.2) is 4.79 Å². The normalized spacial score (nSPS) is 10.2. The number of rotatable bonds is 7. The van der Waals surface area contributed by atoms with Gasteiger partial charge in [0.25, 0.3) is 0 Å². The molecule has 1 aromatic rings. The van der Waals surface area contributed by atoms with Gasteiger partial charge >= 0.3 is 12.0 Å². The van der Waals surface area contributed by atoms with E-state index in [9.17, 15) is 9.59 Å². The highest BCUT2D eigenvalue weighted by Crippen LogP contribution is 2.06. The van der Waals surface area contributed by atoms with Gasteiger partial charge in [0.2, 0.25) is 0 Å². The van der Waals surface area contributed by atoms with E-state index >= 15 is 0 Å². The molecule has 0 fully saturated rings. The Hall–Kier alpha value is -2.13. The number of carbonyl (C=O) groups is 2. The van der Waals surface area contributed by atoms with E-state index in [-0.39, 0.29) is 32.8 Å². The van der Waals surface area contributed by atoms with Crippen LogP contribution in [0.4, 0.5) is 10.5 Å². The number of urea groups is 1. The van der Waals surface area contributed by atoms with Crippen LogP contribution in [0, 0.1) is 0 Å². The predicted octanol–water partition coefficient (Wildman–Crippen LogP) is -1.21. The molecule has 1 rings (SSSR count). The molecule has 9 nitrogen and oxygen atoms in total. The Bertz CT molecular complexity index is 427. The Morgan fingerprint density at radius 1 is 1.32 bits per heavy atom. The van der Waals surface area contributed by atoms with Crippen molar-refractivity contribution in [2.45, 2.75) is 6.54 Å². The number of aliphatic carboxylic acids is 1. The van der Waals surface area contributed by atoms with Crippen LogP contribution in [0.25, 0.3) is 0 Å². The fraction of sp³-hybridized carbons (Fsp3) is 0.500. The van der Waals surface area contributed by atoms with Crippen LogP contribution in [0.5, 0.6) is 0 Å². The van der Waals surface area contributed by atoms with Gasteiger partial charge in [-0.3, -0.25) is 9.48 Å². The lowest BCUT2D eigenvalue weighted by molar-refractivity contribution is -0.137. The number of aliphatic hydroxyl groups is 2. The Labute approximate surface area is 109 Å². The van der Waals surface area contributed by atoms with E-state index in [2.05, 4.69) is 10.4 Å². The number of carboxylic acids is 1. The van der Waals surface area contributed by atoms with Crippen LogP contribution < -0.4 is 5.32 Å². The predicted molar refractivity (Wildman–Crippen MR) is 64.6 cm³/mol. The average Bonchev–Trinajstić information content (AvgIpc) is 2.75. The van der Waals surface area contributed by atoms with Gasteiger partial charge in [0.15, 0.2) is 0 Å². The zero-order chi connectivity index (χ0) is 14.3. The molecule has 19 heavy (non-hydrogen) atoms. The molecule has 106 valence electrons.